The molecule has 1 aliphatic heterocycles. The number of benzene rings is 1. The lowest BCUT2D eigenvalue weighted by Gasteiger charge is -2.30. The van der Waals surface area contributed by atoms with Crippen LogP contribution in [0.3, 0.4) is 0 Å². The van der Waals surface area contributed by atoms with Crippen molar-refractivity contribution in [3.05, 3.63) is 41.5 Å². The third-order valence-corrected chi connectivity index (χ3v) is 4.20. The summed E-state index contributed by atoms with van der Waals surface area (Å²) >= 11 is 0. The minimum absolute atomic E-state index is 0.0944. The number of hydrogen-bond acceptors (Lipinski definition) is 6. The van der Waals surface area contributed by atoms with E-state index in [0.29, 0.717) is 11.4 Å². The van der Waals surface area contributed by atoms with Gasteiger partial charge in [-0.05, 0) is 32.1 Å². The number of amides is 1. The Balaban J connectivity index is 2.00. The summed E-state index contributed by atoms with van der Waals surface area (Å²) in [6, 6.07) is 5.58. The smallest absolute Gasteiger partial charge is 0.263 e. The summed E-state index contributed by atoms with van der Waals surface area (Å²) in [4.78, 5) is 25.9. The van der Waals surface area contributed by atoms with Crippen molar-refractivity contribution >= 4 is 23.1 Å². The van der Waals surface area contributed by atoms with Crippen molar-refractivity contribution in [2.24, 2.45) is 11.7 Å². The Hall–Kier alpha value is -2.96. The van der Waals surface area contributed by atoms with Crippen LogP contribution in [0.2, 0.25) is 0 Å². The van der Waals surface area contributed by atoms with E-state index in [-0.39, 0.29) is 11.5 Å². The van der Waals surface area contributed by atoms with Gasteiger partial charge in [0.05, 0.1) is 11.4 Å². The van der Waals surface area contributed by atoms with Gasteiger partial charge < -0.3 is 25.8 Å². The Labute approximate surface area is 139 Å². The molecule has 2 aliphatic rings. The standard InChI is InChI=1S/C17H19N3O4/c1-3-20(4-2)9-5-6-11-13(7-9)24-16-14(19-11)10(17(18)23)8-12(21)15(16)22/h5-8,10,19,21H,3-4H2,1-2H3,(H2,18,23). The zero-order valence-electron chi connectivity index (χ0n) is 13.5. The number of fused-ring (bicyclic) bond motifs is 1. The average Bonchev–Trinajstić information content (AvgIpc) is 2.57. The molecular formula is C17H19N3O4. The summed E-state index contributed by atoms with van der Waals surface area (Å²) in [6.07, 6.45) is 1.13. The maximum atomic E-state index is 12.2. The molecule has 24 heavy (non-hydrogen) atoms. The Morgan fingerprint density at radius 2 is 2.08 bits per heavy atom. The summed E-state index contributed by atoms with van der Waals surface area (Å²) in [5.74, 6) is -2.46. The van der Waals surface area contributed by atoms with E-state index in [0.717, 1.165) is 24.9 Å². The number of carbonyl (C=O) groups excluding carboxylic acids is 2. The Morgan fingerprint density at radius 3 is 2.71 bits per heavy atom. The van der Waals surface area contributed by atoms with Crippen molar-refractivity contribution in [2.75, 3.05) is 23.3 Å². The quantitative estimate of drug-likeness (QED) is 0.776. The average molecular weight is 329 g/mol. The molecule has 0 saturated heterocycles. The molecule has 1 aromatic rings. The molecule has 1 unspecified atom stereocenters. The molecule has 126 valence electrons. The fraction of sp³-hybridized carbons (Fsp3) is 0.294. The number of Topliss-reactive ketones (excluding diaryl/α,β-unsaturated/α-hetero) is 1. The SMILES string of the molecule is CCN(CC)c1ccc2c(c1)OC1=C(N2)C(C(N)=O)C=C(O)C1=O. The van der Waals surface area contributed by atoms with Gasteiger partial charge in [0.25, 0.3) is 5.78 Å². The molecule has 4 N–H and O–H groups in total. The van der Waals surface area contributed by atoms with Crippen molar-refractivity contribution in [3.63, 3.8) is 0 Å². The number of primary amides is 1. The van der Waals surface area contributed by atoms with Crippen LogP contribution in [0.5, 0.6) is 5.75 Å². The van der Waals surface area contributed by atoms with Crippen LogP contribution in [0.25, 0.3) is 0 Å². The summed E-state index contributed by atoms with van der Waals surface area (Å²) < 4.78 is 5.71. The number of ether oxygens (including phenoxy) is 1. The maximum Gasteiger partial charge on any atom is 0.263 e. The summed E-state index contributed by atoms with van der Waals surface area (Å²) in [5.41, 5.74) is 7.21. The van der Waals surface area contributed by atoms with Gasteiger partial charge in [0, 0.05) is 24.8 Å². The molecule has 0 spiro atoms. The molecule has 1 aliphatic carbocycles. The minimum Gasteiger partial charge on any atom is -0.504 e. The molecule has 7 heteroatoms. The number of nitrogens with two attached hydrogens (primary N) is 1. The van der Waals surface area contributed by atoms with Gasteiger partial charge in [0.1, 0.15) is 5.92 Å². The first-order chi connectivity index (χ1) is 11.5. The van der Waals surface area contributed by atoms with Gasteiger partial charge in [-0.1, -0.05) is 0 Å². The van der Waals surface area contributed by atoms with Crippen molar-refractivity contribution < 1.29 is 19.4 Å². The van der Waals surface area contributed by atoms with Crippen LogP contribution in [0, 0.1) is 5.92 Å². The zero-order chi connectivity index (χ0) is 17.4. The van der Waals surface area contributed by atoms with Crippen molar-refractivity contribution in [3.8, 4) is 5.75 Å². The van der Waals surface area contributed by atoms with E-state index in [4.69, 9.17) is 10.5 Å². The summed E-state index contributed by atoms with van der Waals surface area (Å²) in [7, 11) is 0. The Kier molecular flexibility index (Phi) is 3.92. The highest BCUT2D eigenvalue weighted by Gasteiger charge is 2.37. The molecule has 1 heterocycles. The number of anilines is 2. The van der Waals surface area contributed by atoms with Crippen LogP contribution in [-0.2, 0) is 9.59 Å². The molecule has 0 fully saturated rings. The number of nitrogens with zero attached hydrogens (tertiary/aromatic N) is 1. The molecule has 7 nitrogen and oxygen atoms in total. The van der Waals surface area contributed by atoms with E-state index < -0.39 is 23.4 Å². The number of aliphatic hydroxyl groups excluding tert-OH is 1. The third kappa shape index (κ3) is 2.47. The summed E-state index contributed by atoms with van der Waals surface area (Å²) in [6.45, 7) is 5.77. The van der Waals surface area contributed by atoms with E-state index in [1.807, 2.05) is 32.0 Å². The molecule has 1 atom stereocenters. The van der Waals surface area contributed by atoms with Gasteiger partial charge >= 0.3 is 0 Å². The van der Waals surface area contributed by atoms with Gasteiger partial charge in [-0.25, -0.2) is 0 Å². The predicted molar refractivity (Wildman–Crippen MR) is 89.7 cm³/mol. The molecule has 3 rings (SSSR count). The second-order valence-electron chi connectivity index (χ2n) is 5.58. The molecule has 0 radical (unpaired) electrons. The fourth-order valence-electron chi connectivity index (χ4n) is 2.90. The van der Waals surface area contributed by atoms with E-state index in [9.17, 15) is 14.7 Å². The van der Waals surface area contributed by atoms with Gasteiger partial charge in [-0.3, -0.25) is 9.59 Å². The highest BCUT2D eigenvalue weighted by Crippen LogP contribution is 2.40. The Morgan fingerprint density at radius 1 is 1.38 bits per heavy atom. The molecule has 0 aromatic heterocycles. The topological polar surface area (TPSA) is 105 Å². The highest BCUT2D eigenvalue weighted by molar-refractivity contribution is 6.09. The lowest BCUT2D eigenvalue weighted by Crippen LogP contribution is -2.35. The minimum atomic E-state index is -0.937. The molecule has 1 amide bonds. The largest absolute Gasteiger partial charge is 0.504 e. The van der Waals surface area contributed by atoms with Gasteiger partial charge in [0.15, 0.2) is 17.3 Å². The van der Waals surface area contributed by atoms with Crippen LogP contribution >= 0.6 is 0 Å². The van der Waals surface area contributed by atoms with E-state index in [1.54, 1.807) is 0 Å². The third-order valence-electron chi connectivity index (χ3n) is 4.20. The lowest BCUT2D eigenvalue weighted by molar-refractivity contribution is -0.120. The highest BCUT2D eigenvalue weighted by atomic mass is 16.5. The number of nitrogens with one attached hydrogen (secondary N) is 1. The first-order valence-electron chi connectivity index (χ1n) is 7.79. The molecule has 0 saturated carbocycles. The Bertz CT molecular complexity index is 778. The number of aliphatic hydroxyl groups is 1. The zero-order valence-corrected chi connectivity index (χ0v) is 13.5. The van der Waals surface area contributed by atoms with Gasteiger partial charge in [0.2, 0.25) is 5.91 Å². The van der Waals surface area contributed by atoms with E-state index in [1.165, 1.54) is 0 Å². The number of rotatable bonds is 4. The number of hydrogen-bond donors (Lipinski definition) is 3. The lowest BCUT2D eigenvalue weighted by atomic mass is 9.93. The second-order valence-corrected chi connectivity index (χ2v) is 5.58. The van der Waals surface area contributed by atoms with E-state index >= 15 is 0 Å². The van der Waals surface area contributed by atoms with Crippen molar-refractivity contribution in [1.82, 2.24) is 0 Å². The molecule has 0 bridgehead atoms. The molecular weight excluding hydrogens is 310 g/mol. The van der Waals surface area contributed by atoms with Crippen LogP contribution in [-0.4, -0.2) is 29.9 Å². The van der Waals surface area contributed by atoms with Crippen LogP contribution < -0.4 is 20.7 Å². The number of carbonyl (C=O) groups is 2. The second kappa shape index (κ2) is 5.92. The first kappa shape index (κ1) is 15.9. The van der Waals surface area contributed by atoms with E-state index in [2.05, 4.69) is 10.2 Å². The van der Waals surface area contributed by atoms with Crippen molar-refractivity contribution in [2.45, 2.75) is 13.8 Å². The van der Waals surface area contributed by atoms with Crippen LogP contribution in [0.15, 0.2) is 41.5 Å². The van der Waals surface area contributed by atoms with Crippen LogP contribution in [0.1, 0.15) is 13.8 Å². The first-order valence-corrected chi connectivity index (χ1v) is 7.79. The van der Waals surface area contributed by atoms with Crippen LogP contribution in [0.4, 0.5) is 11.4 Å². The normalized spacial score (nSPS) is 18.8. The van der Waals surface area contributed by atoms with Crippen molar-refractivity contribution in [1.29, 1.82) is 0 Å². The molecule has 1 aromatic carbocycles. The maximum absolute atomic E-state index is 12.2. The number of ketones is 1. The predicted octanol–water partition coefficient (Wildman–Crippen LogP) is 1.67. The van der Waals surface area contributed by atoms with Gasteiger partial charge in [-0.2, -0.15) is 0 Å². The summed E-state index contributed by atoms with van der Waals surface area (Å²) in [5, 5.41) is 12.8. The fourth-order valence-corrected chi connectivity index (χ4v) is 2.90. The monoisotopic (exact) mass is 329 g/mol. The van der Waals surface area contributed by atoms with Gasteiger partial charge in [-0.15, -0.1) is 0 Å².